The maximum Gasteiger partial charge on any atom is 0.0305 e. The van der Waals surface area contributed by atoms with Gasteiger partial charge < -0.3 is 0 Å². The fourth-order valence-corrected chi connectivity index (χ4v) is 1.11. The highest BCUT2D eigenvalue weighted by molar-refractivity contribution is 5.69. The zero-order valence-electron chi connectivity index (χ0n) is 7.33. The van der Waals surface area contributed by atoms with Crippen LogP contribution >= 0.6 is 0 Å². The van der Waals surface area contributed by atoms with E-state index in [1.807, 2.05) is 31.5 Å². The van der Waals surface area contributed by atoms with Gasteiger partial charge in [-0.3, -0.25) is 4.99 Å². The average molecular weight is 159 g/mol. The molecule has 0 aliphatic carbocycles. The molecule has 1 aliphatic rings. The smallest absolute Gasteiger partial charge is 0.0305 e. The van der Waals surface area contributed by atoms with Gasteiger partial charge in [0.15, 0.2) is 0 Å². The average Bonchev–Trinajstić information content (AvgIpc) is 2.56. The van der Waals surface area contributed by atoms with E-state index in [1.165, 1.54) is 11.1 Å². The lowest BCUT2D eigenvalue weighted by Crippen LogP contribution is -1.83. The Bertz CT molecular complexity index is 277. The molecule has 0 aromatic carbocycles. The first-order valence-electron chi connectivity index (χ1n) is 4.05. The zero-order chi connectivity index (χ0) is 8.81. The normalized spacial score (nSPS) is 17.1. The molecule has 0 fully saturated rings. The maximum absolute atomic E-state index is 4.05. The molecule has 0 spiro atoms. The molecule has 0 N–H and O–H groups in total. The minimum atomic E-state index is 0.935. The molecule has 0 atom stereocenters. The maximum atomic E-state index is 4.05. The number of nitrogens with zero attached hydrogens (tertiary/aromatic N) is 1. The standard InChI is InChI=1S/C11H13N/c1-3-5-10(6-4-2)11-7-8-12-9-11/h3-6,8-9H,1,7H2,2H3/b6-4-,10-5+. The van der Waals surface area contributed by atoms with E-state index < -0.39 is 0 Å². The molecule has 1 rings (SSSR count). The van der Waals surface area contributed by atoms with Crippen molar-refractivity contribution in [2.24, 2.45) is 4.99 Å². The van der Waals surface area contributed by atoms with Crippen molar-refractivity contribution in [2.45, 2.75) is 13.3 Å². The van der Waals surface area contributed by atoms with Gasteiger partial charge in [0, 0.05) is 18.8 Å². The van der Waals surface area contributed by atoms with E-state index >= 15 is 0 Å². The highest BCUT2D eigenvalue weighted by Crippen LogP contribution is 2.18. The van der Waals surface area contributed by atoms with Crippen molar-refractivity contribution in [3.8, 4) is 0 Å². The third-order valence-electron chi connectivity index (χ3n) is 1.66. The van der Waals surface area contributed by atoms with Crippen molar-refractivity contribution in [1.29, 1.82) is 0 Å². The summed E-state index contributed by atoms with van der Waals surface area (Å²) in [5.41, 5.74) is 2.46. The van der Waals surface area contributed by atoms with E-state index in [0.29, 0.717) is 0 Å². The van der Waals surface area contributed by atoms with Gasteiger partial charge in [-0.25, -0.2) is 0 Å². The van der Waals surface area contributed by atoms with Crippen molar-refractivity contribution in [3.05, 3.63) is 48.2 Å². The number of allylic oxidation sites excluding steroid dienone is 6. The molecule has 1 heteroatoms. The number of rotatable bonds is 3. The summed E-state index contributed by atoms with van der Waals surface area (Å²) in [7, 11) is 0. The number of hydrogen-bond donors (Lipinski definition) is 0. The van der Waals surface area contributed by atoms with Crippen molar-refractivity contribution in [3.63, 3.8) is 0 Å². The summed E-state index contributed by atoms with van der Waals surface area (Å²) in [5, 5.41) is 0. The van der Waals surface area contributed by atoms with Crippen LogP contribution in [0.25, 0.3) is 0 Å². The van der Waals surface area contributed by atoms with Crippen LogP contribution in [0.2, 0.25) is 0 Å². The van der Waals surface area contributed by atoms with E-state index in [-0.39, 0.29) is 0 Å². The van der Waals surface area contributed by atoms with Gasteiger partial charge in [0.25, 0.3) is 0 Å². The quantitative estimate of drug-likeness (QED) is 0.561. The molecule has 12 heavy (non-hydrogen) atoms. The molecule has 0 saturated heterocycles. The molecule has 0 aromatic heterocycles. The van der Waals surface area contributed by atoms with Crippen molar-refractivity contribution in [1.82, 2.24) is 0 Å². The van der Waals surface area contributed by atoms with Gasteiger partial charge in [-0.1, -0.05) is 30.9 Å². The lowest BCUT2D eigenvalue weighted by Gasteiger charge is -1.99. The number of hydrogen-bond acceptors (Lipinski definition) is 1. The van der Waals surface area contributed by atoms with E-state index in [4.69, 9.17) is 0 Å². The van der Waals surface area contributed by atoms with E-state index in [1.54, 1.807) is 6.08 Å². The second kappa shape index (κ2) is 4.50. The third-order valence-corrected chi connectivity index (χ3v) is 1.66. The van der Waals surface area contributed by atoms with Crippen molar-refractivity contribution in [2.75, 3.05) is 0 Å². The second-order valence-electron chi connectivity index (χ2n) is 2.55. The molecule has 1 aliphatic heterocycles. The van der Waals surface area contributed by atoms with Gasteiger partial charge in [-0.15, -0.1) is 0 Å². The molecular weight excluding hydrogens is 146 g/mol. The molecule has 62 valence electrons. The Morgan fingerprint density at radius 1 is 1.67 bits per heavy atom. The molecule has 0 radical (unpaired) electrons. The predicted octanol–water partition coefficient (Wildman–Crippen LogP) is 3.03. The third kappa shape index (κ3) is 2.06. The van der Waals surface area contributed by atoms with Gasteiger partial charge in [0.1, 0.15) is 0 Å². The van der Waals surface area contributed by atoms with Crippen LogP contribution in [0.5, 0.6) is 0 Å². The van der Waals surface area contributed by atoms with Crippen LogP contribution in [-0.4, -0.2) is 6.21 Å². The monoisotopic (exact) mass is 159 g/mol. The molecule has 0 unspecified atom stereocenters. The second-order valence-corrected chi connectivity index (χ2v) is 2.55. The van der Waals surface area contributed by atoms with Gasteiger partial charge in [0.2, 0.25) is 0 Å². The lowest BCUT2D eigenvalue weighted by atomic mass is 10.0. The fourth-order valence-electron chi connectivity index (χ4n) is 1.11. The van der Waals surface area contributed by atoms with Crippen LogP contribution < -0.4 is 0 Å². The lowest BCUT2D eigenvalue weighted by molar-refractivity contribution is 1.35. The molecule has 0 bridgehead atoms. The Morgan fingerprint density at radius 3 is 3.00 bits per heavy atom. The Labute approximate surface area is 73.5 Å². The topological polar surface area (TPSA) is 12.4 Å². The first-order chi connectivity index (χ1) is 5.88. The Hall–Kier alpha value is -1.37. The fraction of sp³-hybridized carbons (Fsp3) is 0.182. The van der Waals surface area contributed by atoms with Crippen LogP contribution in [0.1, 0.15) is 13.3 Å². The summed E-state index contributed by atoms with van der Waals surface area (Å²) in [6.07, 6.45) is 12.6. The SMILES string of the molecule is C=C/C=C(\C=C/C)C1=CN=CC1. The molecule has 1 nitrogen and oxygen atoms in total. The summed E-state index contributed by atoms with van der Waals surface area (Å²) in [6.45, 7) is 5.68. The zero-order valence-corrected chi connectivity index (χ0v) is 7.33. The highest BCUT2D eigenvalue weighted by Gasteiger charge is 2.02. The summed E-state index contributed by atoms with van der Waals surface area (Å²) >= 11 is 0. The Kier molecular flexibility index (Phi) is 3.27. The molecule has 1 heterocycles. The molecule has 0 saturated carbocycles. The molecule has 0 aromatic rings. The predicted molar refractivity (Wildman–Crippen MR) is 54.3 cm³/mol. The van der Waals surface area contributed by atoms with Crippen LogP contribution in [0.3, 0.4) is 0 Å². The number of aliphatic imine (C=N–C) groups is 1. The largest absolute Gasteiger partial charge is 0.268 e. The van der Waals surface area contributed by atoms with Crippen LogP contribution in [0.15, 0.2) is 53.2 Å². The van der Waals surface area contributed by atoms with Crippen molar-refractivity contribution < 1.29 is 0 Å². The Morgan fingerprint density at radius 2 is 2.50 bits per heavy atom. The van der Waals surface area contributed by atoms with E-state index in [9.17, 15) is 0 Å². The Balaban J connectivity index is 2.80. The van der Waals surface area contributed by atoms with E-state index in [0.717, 1.165) is 6.42 Å². The van der Waals surface area contributed by atoms with Gasteiger partial charge >= 0.3 is 0 Å². The van der Waals surface area contributed by atoms with Crippen molar-refractivity contribution >= 4 is 6.21 Å². The van der Waals surface area contributed by atoms with Gasteiger partial charge in [-0.2, -0.15) is 0 Å². The molecular formula is C11H13N. The first-order valence-corrected chi connectivity index (χ1v) is 4.05. The van der Waals surface area contributed by atoms with Gasteiger partial charge in [0.05, 0.1) is 0 Å². The van der Waals surface area contributed by atoms with Crippen LogP contribution in [0, 0.1) is 0 Å². The first kappa shape index (κ1) is 8.72. The van der Waals surface area contributed by atoms with Gasteiger partial charge in [-0.05, 0) is 18.1 Å². The summed E-state index contributed by atoms with van der Waals surface area (Å²) < 4.78 is 0. The minimum absolute atomic E-state index is 0.935. The van der Waals surface area contributed by atoms with Crippen LogP contribution in [0.4, 0.5) is 0 Å². The molecule has 0 amide bonds. The van der Waals surface area contributed by atoms with E-state index in [2.05, 4.69) is 17.6 Å². The summed E-state index contributed by atoms with van der Waals surface area (Å²) in [6, 6.07) is 0. The summed E-state index contributed by atoms with van der Waals surface area (Å²) in [4.78, 5) is 4.05. The van der Waals surface area contributed by atoms with Crippen LogP contribution in [-0.2, 0) is 0 Å². The minimum Gasteiger partial charge on any atom is -0.268 e. The summed E-state index contributed by atoms with van der Waals surface area (Å²) in [5.74, 6) is 0. The highest BCUT2D eigenvalue weighted by atomic mass is 14.7.